The van der Waals surface area contributed by atoms with Gasteiger partial charge in [0.2, 0.25) is 0 Å². The molecular formula is C12H8AcN. The maximum atomic E-state index is 3.49. The summed E-state index contributed by atoms with van der Waals surface area (Å²) in [5.74, 6) is 0. The summed E-state index contributed by atoms with van der Waals surface area (Å²) in [5, 5.41) is 2.71. The summed E-state index contributed by atoms with van der Waals surface area (Å²) >= 11 is 0.720. The first kappa shape index (κ1) is 8.95. The number of fused-ring (bicyclic) bond motifs is 3. The van der Waals surface area contributed by atoms with Crippen LogP contribution in [0.15, 0.2) is 42.5 Å². The number of hydrogen-bond donors (Lipinski definition) is 1. The van der Waals surface area contributed by atoms with Gasteiger partial charge < -0.3 is 0 Å². The third-order valence-corrected chi connectivity index (χ3v) is 4.55. The first-order chi connectivity index (χ1) is 6.86. The molecule has 64 valence electrons. The van der Waals surface area contributed by atoms with Crippen LogP contribution in [-0.2, 0) is 0 Å². The van der Waals surface area contributed by atoms with Crippen LogP contribution in [0, 0.1) is 41.9 Å². The van der Waals surface area contributed by atoms with Gasteiger partial charge in [-0.15, -0.1) is 0 Å². The van der Waals surface area contributed by atoms with Crippen LogP contribution < -0.4 is 0.743 Å². The predicted octanol–water partition coefficient (Wildman–Crippen LogP) is 2.50. The molecule has 0 amide bonds. The van der Waals surface area contributed by atoms with Crippen molar-refractivity contribution in [1.82, 2.24) is 4.98 Å². The fraction of sp³-hybridized carbons (Fsp3) is 0. The van der Waals surface area contributed by atoms with Crippen LogP contribution in [0.1, 0.15) is 0 Å². The zero-order valence-electron chi connectivity index (χ0n) is 7.62. The molecule has 0 bridgehead atoms. The van der Waals surface area contributed by atoms with Crippen molar-refractivity contribution in [2.45, 2.75) is 0 Å². The fourth-order valence-electron chi connectivity index (χ4n) is 1.90. The third-order valence-electron chi connectivity index (χ3n) is 2.57. The zero-order valence-corrected chi connectivity index (χ0v) is 12.4. The number of aromatic nitrogens is 1. The SMILES string of the molecule is [Ac][c]1cccc2c1[nH]c1ccccc12. The van der Waals surface area contributed by atoms with Crippen LogP contribution in [0.4, 0.5) is 0 Å². The zero-order chi connectivity index (χ0) is 9.54. The number of nitrogens with one attached hydrogen (secondary N) is 1. The first-order valence-electron chi connectivity index (χ1n) is 4.61. The Morgan fingerprint density at radius 3 is 2.57 bits per heavy atom. The molecule has 0 saturated heterocycles. The Kier molecular flexibility index (Phi) is 2.15. The number of para-hydroxylation sites is 2. The van der Waals surface area contributed by atoms with E-state index >= 15 is 0 Å². The van der Waals surface area contributed by atoms with Crippen LogP contribution in [0.2, 0.25) is 0 Å². The second kappa shape index (κ2) is 3.36. The van der Waals surface area contributed by atoms with E-state index in [0.29, 0.717) is 0 Å². The van der Waals surface area contributed by atoms with Crippen molar-refractivity contribution < 1.29 is 41.9 Å². The Morgan fingerprint density at radius 2 is 1.64 bits per heavy atom. The van der Waals surface area contributed by atoms with Crippen molar-refractivity contribution in [3.05, 3.63) is 42.5 Å². The quantitative estimate of drug-likeness (QED) is 0.604. The second-order valence-electron chi connectivity index (χ2n) is 3.44. The summed E-state index contributed by atoms with van der Waals surface area (Å²) in [6.07, 6.45) is 0. The fourth-order valence-corrected chi connectivity index (χ4v) is 3.29. The topological polar surface area (TPSA) is 15.8 Å². The van der Waals surface area contributed by atoms with Crippen molar-refractivity contribution in [3.63, 3.8) is 0 Å². The number of hydrogen-bond acceptors (Lipinski definition) is 0. The second-order valence-corrected chi connectivity index (χ2v) is 6.00. The minimum absolute atomic E-state index is 0.720. The van der Waals surface area contributed by atoms with E-state index < -0.39 is 0 Å². The van der Waals surface area contributed by atoms with Gasteiger partial charge in [0.1, 0.15) is 0 Å². The molecule has 0 spiro atoms. The van der Waals surface area contributed by atoms with E-state index in [-0.39, 0.29) is 0 Å². The number of aromatic amines is 1. The summed E-state index contributed by atoms with van der Waals surface area (Å²) in [5.41, 5.74) is 2.59. The molecule has 1 N–H and O–H groups in total. The summed E-state index contributed by atoms with van der Waals surface area (Å²) in [6, 6.07) is 15.1. The molecule has 0 aliphatic heterocycles. The van der Waals surface area contributed by atoms with Crippen molar-refractivity contribution in [2.75, 3.05) is 0 Å². The molecule has 2 aromatic carbocycles. The van der Waals surface area contributed by atoms with Crippen LogP contribution >= 0.6 is 0 Å². The molecule has 0 radical (unpaired) electrons. The summed E-state index contributed by atoms with van der Waals surface area (Å²) in [6.45, 7) is 0. The van der Waals surface area contributed by atoms with Crippen molar-refractivity contribution >= 4 is 22.5 Å². The number of rotatable bonds is 0. The number of benzene rings is 2. The van der Waals surface area contributed by atoms with Crippen LogP contribution in [0.25, 0.3) is 21.8 Å². The van der Waals surface area contributed by atoms with Crippen molar-refractivity contribution in [2.24, 2.45) is 0 Å². The molecule has 0 fully saturated rings. The normalized spacial score (nSPS) is 11.3. The Balaban J connectivity index is 2.63. The van der Waals surface area contributed by atoms with E-state index in [4.69, 9.17) is 0 Å². The van der Waals surface area contributed by atoms with Gasteiger partial charge >= 0.3 is 112 Å². The van der Waals surface area contributed by atoms with E-state index in [2.05, 4.69) is 47.4 Å². The van der Waals surface area contributed by atoms with E-state index in [1.54, 1.807) is 0 Å². The Hall–Kier alpha value is -0.318. The van der Waals surface area contributed by atoms with Crippen molar-refractivity contribution in [1.29, 1.82) is 0 Å². The van der Waals surface area contributed by atoms with E-state index in [0.717, 1.165) is 41.9 Å². The van der Waals surface area contributed by atoms with Gasteiger partial charge in [-0.25, -0.2) is 0 Å². The van der Waals surface area contributed by atoms with Gasteiger partial charge in [-0.05, 0) is 0 Å². The summed E-state index contributed by atoms with van der Waals surface area (Å²) < 4.78 is 1.49. The van der Waals surface area contributed by atoms with Crippen LogP contribution in [0.3, 0.4) is 0 Å². The summed E-state index contributed by atoms with van der Waals surface area (Å²) in [4.78, 5) is 3.49. The van der Waals surface area contributed by atoms with E-state index in [9.17, 15) is 0 Å². The van der Waals surface area contributed by atoms with Gasteiger partial charge in [-0.3, -0.25) is 0 Å². The first-order valence-corrected chi connectivity index (χ1v) is 6.98. The van der Waals surface area contributed by atoms with Crippen LogP contribution in [-0.4, -0.2) is 4.98 Å². The molecule has 1 aromatic heterocycles. The van der Waals surface area contributed by atoms with Gasteiger partial charge in [0.05, 0.1) is 0 Å². The third kappa shape index (κ3) is 1.25. The van der Waals surface area contributed by atoms with Gasteiger partial charge in [0.25, 0.3) is 0 Å². The monoisotopic (exact) mass is 393 g/mol. The minimum atomic E-state index is 0.720. The van der Waals surface area contributed by atoms with E-state index in [1.165, 1.54) is 22.5 Å². The Morgan fingerprint density at radius 1 is 0.857 bits per heavy atom. The molecule has 0 atom stereocenters. The molecule has 3 rings (SSSR count). The molecule has 0 aliphatic rings. The Bertz CT molecular complexity index is 610. The molecule has 0 unspecified atom stereocenters. The van der Waals surface area contributed by atoms with E-state index in [1.807, 2.05) is 0 Å². The van der Waals surface area contributed by atoms with Gasteiger partial charge in [0.15, 0.2) is 0 Å². The average Bonchev–Trinajstić information content (AvgIpc) is 2.59. The molecule has 0 aliphatic carbocycles. The van der Waals surface area contributed by atoms with Gasteiger partial charge in [0, 0.05) is 0 Å². The van der Waals surface area contributed by atoms with Crippen LogP contribution in [0.5, 0.6) is 0 Å². The average molecular weight is 393 g/mol. The number of H-pyrrole nitrogens is 1. The van der Waals surface area contributed by atoms with Gasteiger partial charge in [-0.2, -0.15) is 0 Å². The molecule has 0 saturated carbocycles. The molecule has 14 heavy (non-hydrogen) atoms. The molecule has 1 nitrogen and oxygen atoms in total. The summed E-state index contributed by atoms with van der Waals surface area (Å²) in [7, 11) is 0. The van der Waals surface area contributed by atoms with Crippen molar-refractivity contribution in [3.8, 4) is 0 Å². The molecule has 2 heteroatoms. The maximum absolute atomic E-state index is 3.49. The standard InChI is InChI=1S/C12H8N.Ac/c1-3-7-11-9(5-1)10-6-2-4-8-12(10)13-11;/h1-7,13H;. The Labute approximate surface area is 111 Å². The predicted molar refractivity (Wildman–Crippen MR) is 55.4 cm³/mol. The van der Waals surface area contributed by atoms with Gasteiger partial charge in [-0.1, -0.05) is 0 Å². The molecule has 1 heterocycles. The molecule has 3 aromatic rings. The molecular weight excluding hydrogens is 385 g/mol.